The number of carbonyl (C=O) groups excluding carboxylic acids is 1. The Morgan fingerprint density at radius 2 is 1.90 bits per heavy atom. The average Bonchev–Trinajstić information content (AvgIpc) is 2.49. The molecule has 0 saturated heterocycles. The molecule has 1 heterocycles. The third-order valence-electron chi connectivity index (χ3n) is 4.19. The van der Waals surface area contributed by atoms with Crippen molar-refractivity contribution in [3.8, 4) is 0 Å². The second-order valence-corrected chi connectivity index (χ2v) is 6.33. The van der Waals surface area contributed by atoms with E-state index >= 15 is 0 Å². The van der Waals surface area contributed by atoms with Crippen LogP contribution in [0.1, 0.15) is 29.7 Å². The summed E-state index contributed by atoms with van der Waals surface area (Å²) in [5.74, 6) is 0.154. The van der Waals surface area contributed by atoms with Gasteiger partial charge in [-0.15, -0.1) is 0 Å². The van der Waals surface area contributed by atoms with Crippen LogP contribution < -0.4 is 0 Å². The quantitative estimate of drug-likeness (QED) is 0.802. The first-order chi connectivity index (χ1) is 10.2. The zero-order valence-electron chi connectivity index (χ0n) is 12.1. The van der Waals surface area contributed by atoms with Crippen LogP contribution in [0.3, 0.4) is 0 Å². The zero-order chi connectivity index (χ0) is 14.8. The minimum absolute atomic E-state index is 0.131. The maximum atomic E-state index is 12.0. The first-order valence-electron chi connectivity index (χ1n) is 7.25. The highest BCUT2D eigenvalue weighted by Gasteiger charge is 2.29. The van der Waals surface area contributed by atoms with Crippen LogP contribution in [0.4, 0.5) is 0 Å². The number of carbonyl (C=O) groups is 1. The van der Waals surface area contributed by atoms with Crippen molar-refractivity contribution in [1.29, 1.82) is 0 Å². The standard InChI is InChI=1S/C18H18BrNO/c1-13(21)20-11-10-14-6-2-4-8-16(14)18(20)12-15-7-3-5-9-17(15)19/h2-9,18H,10-12H2,1H3. The van der Waals surface area contributed by atoms with Crippen molar-refractivity contribution < 1.29 is 4.79 Å². The lowest BCUT2D eigenvalue weighted by atomic mass is 9.88. The summed E-state index contributed by atoms with van der Waals surface area (Å²) < 4.78 is 1.11. The largest absolute Gasteiger partial charge is 0.335 e. The third kappa shape index (κ3) is 2.88. The number of nitrogens with zero attached hydrogens (tertiary/aromatic N) is 1. The van der Waals surface area contributed by atoms with Gasteiger partial charge in [0.15, 0.2) is 0 Å². The SMILES string of the molecule is CC(=O)N1CCc2ccccc2C1Cc1ccccc1Br. The molecule has 1 amide bonds. The number of halogens is 1. The van der Waals surface area contributed by atoms with E-state index < -0.39 is 0 Å². The van der Waals surface area contributed by atoms with Gasteiger partial charge in [0.25, 0.3) is 0 Å². The molecule has 3 rings (SSSR count). The molecule has 1 atom stereocenters. The van der Waals surface area contributed by atoms with Gasteiger partial charge >= 0.3 is 0 Å². The van der Waals surface area contributed by atoms with Gasteiger partial charge in [-0.05, 0) is 35.6 Å². The second kappa shape index (κ2) is 6.02. The third-order valence-corrected chi connectivity index (χ3v) is 4.96. The van der Waals surface area contributed by atoms with Crippen molar-refractivity contribution in [3.63, 3.8) is 0 Å². The lowest BCUT2D eigenvalue weighted by Crippen LogP contribution is -2.39. The average molecular weight is 344 g/mol. The Hall–Kier alpha value is -1.61. The Kier molecular flexibility index (Phi) is 4.11. The molecule has 0 aromatic heterocycles. The maximum absolute atomic E-state index is 12.0. The Labute approximate surface area is 133 Å². The molecule has 2 aromatic carbocycles. The van der Waals surface area contributed by atoms with Crippen molar-refractivity contribution >= 4 is 21.8 Å². The predicted molar refractivity (Wildman–Crippen MR) is 88.1 cm³/mol. The predicted octanol–water partition coefficient (Wildman–Crippen LogP) is 4.14. The van der Waals surface area contributed by atoms with E-state index in [9.17, 15) is 4.79 Å². The van der Waals surface area contributed by atoms with Crippen molar-refractivity contribution in [2.75, 3.05) is 6.54 Å². The van der Waals surface area contributed by atoms with Gasteiger partial charge in [-0.3, -0.25) is 4.79 Å². The summed E-state index contributed by atoms with van der Waals surface area (Å²) in [5, 5.41) is 0. The summed E-state index contributed by atoms with van der Waals surface area (Å²) in [6, 6.07) is 16.9. The monoisotopic (exact) mass is 343 g/mol. The highest BCUT2D eigenvalue weighted by atomic mass is 79.9. The number of benzene rings is 2. The normalized spacial score (nSPS) is 17.4. The zero-order valence-corrected chi connectivity index (χ0v) is 13.6. The van der Waals surface area contributed by atoms with E-state index in [-0.39, 0.29) is 11.9 Å². The number of hydrogen-bond donors (Lipinski definition) is 0. The van der Waals surface area contributed by atoms with Crippen LogP contribution in [-0.4, -0.2) is 17.4 Å². The summed E-state index contributed by atoms with van der Waals surface area (Å²) in [6.45, 7) is 2.47. The smallest absolute Gasteiger partial charge is 0.219 e. The fourth-order valence-corrected chi connectivity index (χ4v) is 3.57. The molecule has 1 aliphatic rings. The van der Waals surface area contributed by atoms with Gasteiger partial charge in [0.2, 0.25) is 5.91 Å². The second-order valence-electron chi connectivity index (χ2n) is 5.47. The molecule has 21 heavy (non-hydrogen) atoms. The fraction of sp³-hybridized carbons (Fsp3) is 0.278. The molecule has 0 N–H and O–H groups in total. The highest BCUT2D eigenvalue weighted by molar-refractivity contribution is 9.10. The molecule has 1 aliphatic heterocycles. The van der Waals surface area contributed by atoms with Gasteiger partial charge in [0, 0.05) is 17.9 Å². The van der Waals surface area contributed by atoms with E-state index in [4.69, 9.17) is 0 Å². The molecule has 2 aromatic rings. The molecular weight excluding hydrogens is 326 g/mol. The Morgan fingerprint density at radius 1 is 1.19 bits per heavy atom. The van der Waals surface area contributed by atoms with E-state index in [2.05, 4.69) is 52.3 Å². The number of fused-ring (bicyclic) bond motifs is 1. The van der Waals surface area contributed by atoms with Gasteiger partial charge in [0.1, 0.15) is 0 Å². The minimum Gasteiger partial charge on any atom is -0.335 e. The van der Waals surface area contributed by atoms with Gasteiger partial charge in [-0.25, -0.2) is 0 Å². The van der Waals surface area contributed by atoms with E-state index in [0.29, 0.717) is 0 Å². The Morgan fingerprint density at radius 3 is 2.67 bits per heavy atom. The summed E-state index contributed by atoms with van der Waals surface area (Å²) in [7, 11) is 0. The maximum Gasteiger partial charge on any atom is 0.219 e. The van der Waals surface area contributed by atoms with Gasteiger partial charge in [-0.2, -0.15) is 0 Å². The molecule has 1 unspecified atom stereocenters. The van der Waals surface area contributed by atoms with Crippen LogP contribution in [0.2, 0.25) is 0 Å². The van der Waals surface area contributed by atoms with Crippen molar-refractivity contribution in [3.05, 3.63) is 69.7 Å². The van der Waals surface area contributed by atoms with Crippen LogP contribution in [-0.2, 0) is 17.6 Å². The van der Waals surface area contributed by atoms with Crippen molar-refractivity contribution in [1.82, 2.24) is 4.90 Å². The molecule has 108 valence electrons. The number of rotatable bonds is 2. The molecule has 0 fully saturated rings. The number of amides is 1. The van der Waals surface area contributed by atoms with Gasteiger partial charge < -0.3 is 4.90 Å². The summed E-state index contributed by atoms with van der Waals surface area (Å²) in [4.78, 5) is 14.0. The van der Waals surface area contributed by atoms with Gasteiger partial charge in [-0.1, -0.05) is 58.4 Å². The molecule has 3 heteroatoms. The van der Waals surface area contributed by atoms with Crippen LogP contribution >= 0.6 is 15.9 Å². The van der Waals surface area contributed by atoms with Crippen LogP contribution in [0, 0.1) is 0 Å². The van der Waals surface area contributed by atoms with E-state index in [1.165, 1.54) is 16.7 Å². The van der Waals surface area contributed by atoms with Gasteiger partial charge in [0.05, 0.1) is 6.04 Å². The van der Waals surface area contributed by atoms with E-state index in [1.54, 1.807) is 6.92 Å². The molecule has 0 aliphatic carbocycles. The topological polar surface area (TPSA) is 20.3 Å². The van der Waals surface area contributed by atoms with Crippen molar-refractivity contribution in [2.24, 2.45) is 0 Å². The lowest BCUT2D eigenvalue weighted by molar-refractivity contribution is -0.131. The Bertz CT molecular complexity index is 668. The number of hydrogen-bond acceptors (Lipinski definition) is 1. The first-order valence-corrected chi connectivity index (χ1v) is 8.04. The van der Waals surface area contributed by atoms with Crippen LogP contribution in [0.25, 0.3) is 0 Å². The molecular formula is C18H18BrNO. The Balaban J connectivity index is 1.99. The molecule has 0 bridgehead atoms. The summed E-state index contributed by atoms with van der Waals surface area (Å²) >= 11 is 3.62. The summed E-state index contributed by atoms with van der Waals surface area (Å²) in [5.41, 5.74) is 3.90. The van der Waals surface area contributed by atoms with Crippen LogP contribution in [0.15, 0.2) is 53.0 Å². The van der Waals surface area contributed by atoms with Crippen molar-refractivity contribution in [2.45, 2.75) is 25.8 Å². The minimum atomic E-state index is 0.131. The first kappa shape index (κ1) is 14.3. The molecule has 0 radical (unpaired) electrons. The molecule has 0 saturated carbocycles. The molecule has 2 nitrogen and oxygen atoms in total. The van der Waals surface area contributed by atoms with E-state index in [0.717, 1.165) is 23.9 Å². The molecule has 0 spiro atoms. The lowest BCUT2D eigenvalue weighted by Gasteiger charge is -2.37. The van der Waals surface area contributed by atoms with Crippen LogP contribution in [0.5, 0.6) is 0 Å². The van der Waals surface area contributed by atoms with E-state index in [1.807, 2.05) is 17.0 Å². The summed E-state index contributed by atoms with van der Waals surface area (Å²) in [6.07, 6.45) is 1.79. The fourth-order valence-electron chi connectivity index (χ4n) is 3.12. The highest BCUT2D eigenvalue weighted by Crippen LogP contribution is 2.34.